The number of benzene rings is 1. The fourth-order valence-electron chi connectivity index (χ4n) is 3.12. The molecule has 0 aliphatic carbocycles. The second-order valence-corrected chi connectivity index (χ2v) is 7.51. The van der Waals surface area contributed by atoms with Crippen LogP contribution in [0.4, 0.5) is 10.5 Å². The van der Waals surface area contributed by atoms with Crippen LogP contribution in [0.2, 0.25) is 5.02 Å². The highest BCUT2D eigenvalue weighted by Crippen LogP contribution is 2.33. The highest BCUT2D eigenvalue weighted by Gasteiger charge is 2.30. The van der Waals surface area contributed by atoms with Gasteiger partial charge >= 0.3 is 6.03 Å². The first-order chi connectivity index (χ1) is 12.1. The lowest BCUT2D eigenvalue weighted by atomic mass is 9.99. The number of thiophene rings is 1. The van der Waals surface area contributed by atoms with Gasteiger partial charge in [0.1, 0.15) is 5.69 Å². The average molecular weight is 373 g/mol. The summed E-state index contributed by atoms with van der Waals surface area (Å²) >= 11 is 7.65. The number of aromatic amines is 1. The zero-order chi connectivity index (χ0) is 17.4. The van der Waals surface area contributed by atoms with Crippen molar-refractivity contribution >= 4 is 34.7 Å². The number of hydrogen-bond acceptors (Lipinski definition) is 3. The van der Waals surface area contributed by atoms with Gasteiger partial charge < -0.3 is 10.2 Å². The number of hydrogen-bond donors (Lipinski definition) is 2. The van der Waals surface area contributed by atoms with Crippen molar-refractivity contribution in [2.75, 3.05) is 5.32 Å². The summed E-state index contributed by atoms with van der Waals surface area (Å²) in [5, 5.41) is 13.2. The minimum absolute atomic E-state index is 0.0864. The summed E-state index contributed by atoms with van der Waals surface area (Å²) in [6.45, 7) is 2.58. The molecule has 4 rings (SSSR count). The Kier molecular flexibility index (Phi) is 4.23. The molecule has 2 N–H and O–H groups in total. The standard InChI is InChI=1S/C18H17ClN4OS/c1-11-8-15-14(17(22-21-15)16-6-3-7-25-16)10-23(11)18(24)20-13-5-2-4-12(19)9-13/h2-7,9,11H,8,10H2,1H3,(H,20,24)(H,21,22)/t11-/m1/s1. The van der Waals surface area contributed by atoms with Crippen LogP contribution in [0.1, 0.15) is 18.2 Å². The summed E-state index contributed by atoms with van der Waals surface area (Å²) in [6, 6.07) is 11.2. The minimum atomic E-state index is -0.126. The Morgan fingerprint density at radius 1 is 1.40 bits per heavy atom. The van der Waals surface area contributed by atoms with E-state index in [-0.39, 0.29) is 12.1 Å². The molecule has 0 unspecified atom stereocenters. The molecule has 0 bridgehead atoms. The van der Waals surface area contributed by atoms with Gasteiger partial charge in [-0.3, -0.25) is 5.10 Å². The van der Waals surface area contributed by atoms with E-state index in [1.54, 1.807) is 23.5 Å². The maximum absolute atomic E-state index is 12.8. The topological polar surface area (TPSA) is 61.0 Å². The number of nitrogens with zero attached hydrogens (tertiary/aromatic N) is 2. The van der Waals surface area contributed by atoms with Gasteiger partial charge in [-0.25, -0.2) is 4.79 Å². The highest BCUT2D eigenvalue weighted by molar-refractivity contribution is 7.13. The van der Waals surface area contributed by atoms with Gasteiger partial charge in [-0.05, 0) is 36.6 Å². The van der Waals surface area contributed by atoms with Crippen molar-refractivity contribution < 1.29 is 4.79 Å². The number of urea groups is 1. The third-order valence-corrected chi connectivity index (χ3v) is 5.52. The Morgan fingerprint density at radius 3 is 3.04 bits per heavy atom. The molecule has 0 spiro atoms. The van der Waals surface area contributed by atoms with Crippen LogP contribution >= 0.6 is 22.9 Å². The summed E-state index contributed by atoms with van der Waals surface area (Å²) in [5.41, 5.74) is 3.85. The van der Waals surface area contributed by atoms with Crippen molar-refractivity contribution in [1.29, 1.82) is 0 Å². The number of carbonyl (C=O) groups excluding carboxylic acids is 1. The van der Waals surface area contributed by atoms with Crippen LogP contribution in [-0.2, 0) is 13.0 Å². The van der Waals surface area contributed by atoms with Gasteiger partial charge in [0, 0.05) is 34.4 Å². The quantitative estimate of drug-likeness (QED) is 0.680. The molecular weight excluding hydrogens is 356 g/mol. The lowest BCUT2D eigenvalue weighted by molar-refractivity contribution is 0.182. The molecule has 0 saturated carbocycles. The molecule has 5 nitrogen and oxygen atoms in total. The van der Waals surface area contributed by atoms with Crippen molar-refractivity contribution in [3.63, 3.8) is 0 Å². The summed E-state index contributed by atoms with van der Waals surface area (Å²) in [4.78, 5) is 15.7. The number of H-pyrrole nitrogens is 1. The molecule has 7 heteroatoms. The molecule has 0 saturated heterocycles. The van der Waals surface area contributed by atoms with Crippen LogP contribution in [0.15, 0.2) is 41.8 Å². The van der Waals surface area contributed by atoms with Crippen molar-refractivity contribution in [2.45, 2.75) is 25.9 Å². The third kappa shape index (κ3) is 3.15. The zero-order valence-corrected chi connectivity index (χ0v) is 15.2. The van der Waals surface area contributed by atoms with Gasteiger partial charge in [-0.2, -0.15) is 5.10 Å². The monoisotopic (exact) mass is 372 g/mol. The van der Waals surface area contributed by atoms with Gasteiger partial charge in [0.25, 0.3) is 0 Å². The number of halogens is 1. The Balaban J connectivity index is 1.58. The van der Waals surface area contributed by atoms with Gasteiger partial charge in [0.15, 0.2) is 0 Å². The molecule has 1 aliphatic heterocycles. The maximum Gasteiger partial charge on any atom is 0.322 e. The third-order valence-electron chi connectivity index (χ3n) is 4.40. The van der Waals surface area contributed by atoms with Crippen LogP contribution in [-0.4, -0.2) is 27.2 Å². The lowest BCUT2D eigenvalue weighted by Crippen LogP contribution is -2.44. The maximum atomic E-state index is 12.8. The SMILES string of the molecule is C[C@@H]1Cc2[nH]nc(-c3cccs3)c2CN1C(=O)Nc1cccc(Cl)c1. The average Bonchev–Trinajstić information content (AvgIpc) is 3.22. The second kappa shape index (κ2) is 6.54. The molecule has 0 radical (unpaired) electrons. The first kappa shape index (κ1) is 16.2. The van der Waals surface area contributed by atoms with Crippen molar-refractivity contribution in [2.24, 2.45) is 0 Å². The van der Waals surface area contributed by atoms with E-state index < -0.39 is 0 Å². The Bertz CT molecular complexity index is 906. The summed E-state index contributed by atoms with van der Waals surface area (Å²) in [6.07, 6.45) is 0.761. The van der Waals surface area contributed by atoms with Gasteiger partial charge in [-0.15, -0.1) is 11.3 Å². The molecule has 0 fully saturated rings. The number of amides is 2. The highest BCUT2D eigenvalue weighted by atomic mass is 35.5. The molecule has 1 aliphatic rings. The zero-order valence-electron chi connectivity index (χ0n) is 13.6. The van der Waals surface area contributed by atoms with E-state index in [0.717, 1.165) is 28.2 Å². The number of anilines is 1. The molecule has 25 heavy (non-hydrogen) atoms. The minimum Gasteiger partial charge on any atom is -0.317 e. The van der Waals surface area contributed by atoms with Gasteiger partial charge in [0.05, 0.1) is 11.4 Å². The molecule has 2 amide bonds. The smallest absolute Gasteiger partial charge is 0.317 e. The van der Waals surface area contributed by atoms with Crippen molar-refractivity contribution in [1.82, 2.24) is 15.1 Å². The predicted octanol–water partition coefficient (Wildman–Crippen LogP) is 4.77. The largest absolute Gasteiger partial charge is 0.322 e. The number of rotatable bonds is 2. The molecule has 1 atom stereocenters. The van der Waals surface area contributed by atoms with Crippen LogP contribution in [0.3, 0.4) is 0 Å². The fourth-order valence-corrected chi connectivity index (χ4v) is 4.05. The first-order valence-electron chi connectivity index (χ1n) is 8.05. The van der Waals surface area contributed by atoms with Gasteiger partial charge in [-0.1, -0.05) is 23.7 Å². The Labute approximate surface area is 154 Å². The number of carbonyl (C=O) groups is 1. The lowest BCUT2D eigenvalue weighted by Gasteiger charge is -2.33. The first-order valence-corrected chi connectivity index (χ1v) is 9.31. The molecule has 3 heterocycles. The van der Waals surface area contributed by atoms with Gasteiger partial charge in [0.2, 0.25) is 0 Å². The van der Waals surface area contributed by atoms with Crippen LogP contribution < -0.4 is 5.32 Å². The van der Waals surface area contributed by atoms with Crippen molar-refractivity contribution in [3.05, 3.63) is 58.1 Å². The van der Waals surface area contributed by atoms with E-state index in [1.807, 2.05) is 35.4 Å². The summed E-state index contributed by atoms with van der Waals surface area (Å²) in [7, 11) is 0. The molecule has 3 aromatic rings. The van der Waals surface area contributed by atoms with E-state index in [9.17, 15) is 4.79 Å². The molecule has 1 aromatic carbocycles. The summed E-state index contributed by atoms with van der Waals surface area (Å²) < 4.78 is 0. The van der Waals surface area contributed by atoms with Crippen molar-refractivity contribution in [3.8, 4) is 10.6 Å². The van der Waals surface area contributed by atoms with E-state index in [1.165, 1.54) is 0 Å². The van der Waals surface area contributed by atoms with E-state index in [0.29, 0.717) is 17.3 Å². The fraction of sp³-hybridized carbons (Fsp3) is 0.222. The Morgan fingerprint density at radius 2 is 2.28 bits per heavy atom. The Hall–Kier alpha value is -2.31. The number of fused-ring (bicyclic) bond motifs is 1. The number of aromatic nitrogens is 2. The molecule has 2 aromatic heterocycles. The normalized spacial score (nSPS) is 16.6. The van der Waals surface area contributed by atoms with E-state index >= 15 is 0 Å². The van der Waals surface area contributed by atoms with E-state index in [2.05, 4.69) is 21.6 Å². The summed E-state index contributed by atoms with van der Waals surface area (Å²) in [5.74, 6) is 0. The molecular formula is C18H17ClN4OS. The van der Waals surface area contributed by atoms with Crippen LogP contribution in [0.25, 0.3) is 10.6 Å². The molecule has 128 valence electrons. The predicted molar refractivity (Wildman–Crippen MR) is 101 cm³/mol. The van der Waals surface area contributed by atoms with Crippen LogP contribution in [0, 0.1) is 0 Å². The van der Waals surface area contributed by atoms with E-state index in [4.69, 9.17) is 11.6 Å². The second-order valence-electron chi connectivity index (χ2n) is 6.13. The number of nitrogens with one attached hydrogen (secondary N) is 2. The van der Waals surface area contributed by atoms with Crippen LogP contribution in [0.5, 0.6) is 0 Å².